The Morgan fingerprint density at radius 3 is 2.73 bits per heavy atom. The Balaban J connectivity index is 2.57. The van der Waals surface area contributed by atoms with Gasteiger partial charge >= 0.3 is 0 Å². The fourth-order valence-electron chi connectivity index (χ4n) is 1.81. The van der Waals surface area contributed by atoms with E-state index in [1.54, 1.807) is 6.07 Å². The van der Waals surface area contributed by atoms with Gasteiger partial charge in [0.25, 0.3) is 0 Å². The average molecular weight is 223 g/mol. The smallest absolute Gasteiger partial charge is 0.200 e. The van der Waals surface area contributed by atoms with Crippen molar-refractivity contribution >= 4 is 15.4 Å². The summed E-state index contributed by atoms with van der Waals surface area (Å²) in [4.78, 5) is 0.422. The standard InChI is InChI=1S/C11H13NO2S/c1-8-7-15(13,14)11-6-9(4-5-12)2-3-10(8)11/h2-3,6-7H,4-5,12H2,1H3. The van der Waals surface area contributed by atoms with Crippen LogP contribution in [-0.4, -0.2) is 15.0 Å². The van der Waals surface area contributed by atoms with E-state index in [4.69, 9.17) is 5.73 Å². The lowest BCUT2D eigenvalue weighted by molar-refractivity contribution is 0.605. The van der Waals surface area contributed by atoms with Crippen molar-refractivity contribution in [2.75, 3.05) is 6.54 Å². The first-order chi connectivity index (χ1) is 7.04. The van der Waals surface area contributed by atoms with E-state index in [1.807, 2.05) is 19.1 Å². The Kier molecular flexibility index (Phi) is 2.40. The van der Waals surface area contributed by atoms with E-state index in [1.165, 1.54) is 5.41 Å². The third kappa shape index (κ3) is 1.70. The van der Waals surface area contributed by atoms with Crippen molar-refractivity contribution in [3.8, 4) is 0 Å². The van der Waals surface area contributed by atoms with E-state index in [0.29, 0.717) is 17.9 Å². The maximum atomic E-state index is 11.7. The molecule has 2 rings (SSSR count). The lowest BCUT2D eigenvalue weighted by Crippen LogP contribution is -2.04. The van der Waals surface area contributed by atoms with E-state index in [9.17, 15) is 8.42 Å². The van der Waals surface area contributed by atoms with Crippen molar-refractivity contribution in [1.29, 1.82) is 0 Å². The lowest BCUT2D eigenvalue weighted by Gasteiger charge is -2.03. The van der Waals surface area contributed by atoms with Crippen LogP contribution < -0.4 is 5.73 Å². The predicted molar refractivity (Wildman–Crippen MR) is 60.0 cm³/mol. The second-order valence-corrected chi connectivity index (χ2v) is 5.48. The molecule has 0 aliphatic carbocycles. The number of rotatable bonds is 2. The van der Waals surface area contributed by atoms with Crippen LogP contribution >= 0.6 is 0 Å². The first-order valence-corrected chi connectivity index (χ1v) is 6.36. The highest BCUT2D eigenvalue weighted by molar-refractivity contribution is 7.95. The largest absolute Gasteiger partial charge is 0.330 e. The number of hydrogen-bond donors (Lipinski definition) is 1. The van der Waals surface area contributed by atoms with Crippen molar-refractivity contribution < 1.29 is 8.42 Å². The summed E-state index contributed by atoms with van der Waals surface area (Å²) in [6.45, 7) is 2.34. The zero-order valence-electron chi connectivity index (χ0n) is 8.53. The highest BCUT2D eigenvalue weighted by Gasteiger charge is 2.24. The summed E-state index contributed by atoms with van der Waals surface area (Å²) in [5, 5.41) is 1.32. The van der Waals surface area contributed by atoms with Crippen molar-refractivity contribution in [3.05, 3.63) is 34.7 Å². The molecule has 0 radical (unpaired) electrons. The SMILES string of the molecule is CC1=CS(=O)(=O)c2cc(CCN)ccc21. The third-order valence-corrected chi connectivity index (χ3v) is 4.16. The maximum absolute atomic E-state index is 11.7. The number of hydrogen-bond acceptors (Lipinski definition) is 3. The molecule has 0 aromatic heterocycles. The minimum absolute atomic E-state index is 0.422. The Labute approximate surface area is 89.5 Å². The van der Waals surface area contributed by atoms with Gasteiger partial charge in [0.1, 0.15) is 0 Å². The summed E-state index contributed by atoms with van der Waals surface area (Å²) in [5.41, 5.74) is 8.04. The minimum Gasteiger partial charge on any atom is -0.330 e. The molecule has 3 nitrogen and oxygen atoms in total. The van der Waals surface area contributed by atoms with Gasteiger partial charge in [0.2, 0.25) is 9.84 Å². The van der Waals surface area contributed by atoms with E-state index >= 15 is 0 Å². The van der Waals surface area contributed by atoms with E-state index in [-0.39, 0.29) is 0 Å². The molecule has 0 bridgehead atoms. The molecule has 1 aromatic rings. The third-order valence-electron chi connectivity index (χ3n) is 2.54. The molecule has 1 aliphatic rings. The zero-order valence-corrected chi connectivity index (χ0v) is 9.34. The van der Waals surface area contributed by atoms with E-state index < -0.39 is 9.84 Å². The summed E-state index contributed by atoms with van der Waals surface area (Å²) >= 11 is 0. The quantitative estimate of drug-likeness (QED) is 0.823. The molecule has 0 unspecified atom stereocenters. The molecule has 0 spiro atoms. The fraction of sp³-hybridized carbons (Fsp3) is 0.273. The normalized spacial score (nSPS) is 17.3. The van der Waals surface area contributed by atoms with Gasteiger partial charge in [-0.1, -0.05) is 12.1 Å². The molecule has 0 amide bonds. The van der Waals surface area contributed by atoms with Gasteiger partial charge < -0.3 is 5.73 Å². The Morgan fingerprint density at radius 2 is 2.07 bits per heavy atom. The van der Waals surface area contributed by atoms with Crippen LogP contribution in [-0.2, 0) is 16.3 Å². The van der Waals surface area contributed by atoms with Crippen molar-refractivity contribution in [3.63, 3.8) is 0 Å². The molecule has 0 fully saturated rings. The molecule has 2 N–H and O–H groups in total. The van der Waals surface area contributed by atoms with Gasteiger partial charge in [0, 0.05) is 5.41 Å². The van der Waals surface area contributed by atoms with Crippen LogP contribution in [0.4, 0.5) is 0 Å². The Bertz CT molecular complexity index is 530. The second kappa shape index (κ2) is 3.47. The molecule has 80 valence electrons. The van der Waals surface area contributed by atoms with Gasteiger partial charge in [-0.25, -0.2) is 8.42 Å². The fourth-order valence-corrected chi connectivity index (χ4v) is 3.38. The van der Waals surface area contributed by atoms with E-state index in [0.717, 1.165) is 16.7 Å². The number of sulfone groups is 1. The van der Waals surface area contributed by atoms with Crippen LogP contribution in [0.15, 0.2) is 28.5 Å². The maximum Gasteiger partial charge on any atom is 0.200 e. The molecule has 0 saturated heterocycles. The van der Waals surface area contributed by atoms with Crippen LogP contribution in [0.25, 0.3) is 5.57 Å². The first kappa shape index (κ1) is 10.4. The minimum atomic E-state index is -3.20. The molecular weight excluding hydrogens is 210 g/mol. The van der Waals surface area contributed by atoms with Crippen LogP contribution in [0, 0.1) is 0 Å². The molecule has 1 aromatic carbocycles. The highest BCUT2D eigenvalue weighted by atomic mass is 32.2. The molecule has 15 heavy (non-hydrogen) atoms. The van der Waals surface area contributed by atoms with Gasteiger partial charge in [0.15, 0.2) is 0 Å². The number of allylic oxidation sites excluding steroid dienone is 1. The van der Waals surface area contributed by atoms with Crippen molar-refractivity contribution in [2.45, 2.75) is 18.2 Å². The van der Waals surface area contributed by atoms with E-state index in [2.05, 4.69) is 0 Å². The molecule has 1 heterocycles. The summed E-state index contributed by atoms with van der Waals surface area (Å²) in [6.07, 6.45) is 0.710. The Morgan fingerprint density at radius 1 is 1.33 bits per heavy atom. The highest BCUT2D eigenvalue weighted by Crippen LogP contribution is 2.33. The summed E-state index contributed by atoms with van der Waals surface area (Å²) < 4.78 is 23.4. The summed E-state index contributed by atoms with van der Waals surface area (Å²) in [7, 11) is -3.20. The predicted octanol–water partition coefficient (Wildman–Crippen LogP) is 1.34. The monoisotopic (exact) mass is 223 g/mol. The van der Waals surface area contributed by atoms with Gasteiger partial charge in [-0.3, -0.25) is 0 Å². The average Bonchev–Trinajstić information content (AvgIpc) is 2.38. The second-order valence-electron chi connectivity index (χ2n) is 3.72. The van der Waals surface area contributed by atoms with Crippen LogP contribution in [0.3, 0.4) is 0 Å². The van der Waals surface area contributed by atoms with Gasteiger partial charge in [0.05, 0.1) is 4.90 Å². The summed E-state index contributed by atoms with van der Waals surface area (Å²) in [6, 6.07) is 5.52. The molecule has 0 saturated carbocycles. The molecule has 4 heteroatoms. The topological polar surface area (TPSA) is 60.2 Å². The van der Waals surface area contributed by atoms with Gasteiger partial charge in [-0.2, -0.15) is 0 Å². The summed E-state index contributed by atoms with van der Waals surface area (Å²) in [5.74, 6) is 0. The van der Waals surface area contributed by atoms with Crippen LogP contribution in [0.2, 0.25) is 0 Å². The van der Waals surface area contributed by atoms with Gasteiger partial charge in [-0.15, -0.1) is 0 Å². The molecule has 1 aliphatic heterocycles. The number of nitrogens with two attached hydrogens (primary N) is 1. The van der Waals surface area contributed by atoms with Crippen LogP contribution in [0.1, 0.15) is 18.1 Å². The first-order valence-electron chi connectivity index (χ1n) is 4.81. The zero-order chi connectivity index (χ0) is 11.1. The molecule has 0 atom stereocenters. The molecular formula is C11H13NO2S. The lowest BCUT2D eigenvalue weighted by atomic mass is 10.1. The Hall–Kier alpha value is -1.13. The van der Waals surface area contributed by atoms with Gasteiger partial charge in [-0.05, 0) is 42.7 Å². The number of benzene rings is 1. The van der Waals surface area contributed by atoms with Crippen LogP contribution in [0.5, 0.6) is 0 Å². The van der Waals surface area contributed by atoms with Crippen molar-refractivity contribution in [2.24, 2.45) is 5.73 Å². The number of fused-ring (bicyclic) bond motifs is 1. The van der Waals surface area contributed by atoms with Crippen molar-refractivity contribution in [1.82, 2.24) is 0 Å².